The number of carbonyl (C=O) groups excluding carboxylic acids is 1. The predicted molar refractivity (Wildman–Crippen MR) is 71.0 cm³/mol. The van der Waals surface area contributed by atoms with Gasteiger partial charge < -0.3 is 5.73 Å². The fourth-order valence-corrected chi connectivity index (χ4v) is 1.82. The van der Waals surface area contributed by atoms with E-state index in [1.165, 1.54) is 0 Å². The van der Waals surface area contributed by atoms with Gasteiger partial charge in [-0.15, -0.1) is 0 Å². The maximum absolute atomic E-state index is 12.1. The number of aryl methyl sites for hydroxylation is 1. The van der Waals surface area contributed by atoms with Crippen molar-refractivity contribution in [2.45, 2.75) is 6.92 Å². The Kier molecular flexibility index (Phi) is 3.24. The minimum Gasteiger partial charge on any atom is -0.398 e. The van der Waals surface area contributed by atoms with Crippen LogP contribution in [-0.2, 0) is 0 Å². The fourth-order valence-electron chi connectivity index (χ4n) is 1.44. The van der Waals surface area contributed by atoms with Crippen molar-refractivity contribution in [2.75, 3.05) is 5.73 Å². The van der Waals surface area contributed by atoms with Crippen molar-refractivity contribution in [1.29, 1.82) is 0 Å². The Labute approximate surface area is 108 Å². The van der Waals surface area contributed by atoms with Gasteiger partial charge in [-0.2, -0.15) is 0 Å². The van der Waals surface area contributed by atoms with Crippen LogP contribution in [0.3, 0.4) is 0 Å². The third-order valence-electron chi connectivity index (χ3n) is 2.44. The molecule has 0 amide bonds. The molecule has 0 bridgehead atoms. The summed E-state index contributed by atoms with van der Waals surface area (Å²) >= 11 is 3.31. The molecule has 3 nitrogen and oxygen atoms in total. The summed E-state index contributed by atoms with van der Waals surface area (Å²) in [6.45, 7) is 1.88. The molecule has 0 radical (unpaired) electrons. The van der Waals surface area contributed by atoms with E-state index in [1.807, 2.05) is 13.0 Å². The second kappa shape index (κ2) is 4.67. The summed E-state index contributed by atoms with van der Waals surface area (Å²) in [5.41, 5.74) is 8.35. The number of halogens is 1. The number of benzene rings is 1. The summed E-state index contributed by atoms with van der Waals surface area (Å²) in [4.78, 5) is 16.2. The SMILES string of the molecule is Cc1ccc(C(=O)c2ccc(N)c(Br)c2)cn1. The molecule has 1 aromatic carbocycles. The van der Waals surface area contributed by atoms with Crippen LogP contribution < -0.4 is 5.73 Å². The highest BCUT2D eigenvalue weighted by Gasteiger charge is 2.10. The molecule has 2 rings (SSSR count). The number of nitrogen functional groups attached to an aromatic ring is 1. The largest absolute Gasteiger partial charge is 0.398 e. The van der Waals surface area contributed by atoms with Crippen LogP contribution in [0.25, 0.3) is 0 Å². The summed E-state index contributed by atoms with van der Waals surface area (Å²) in [6, 6.07) is 8.73. The standard InChI is InChI=1S/C13H11BrN2O/c1-8-2-3-10(7-16-8)13(17)9-4-5-12(15)11(14)6-9/h2-7H,15H2,1H3. The van der Waals surface area contributed by atoms with Crippen LogP contribution in [0.1, 0.15) is 21.6 Å². The summed E-state index contributed by atoms with van der Waals surface area (Å²) in [6.07, 6.45) is 1.59. The number of nitrogens with two attached hydrogens (primary N) is 1. The lowest BCUT2D eigenvalue weighted by atomic mass is 10.0. The molecule has 0 aliphatic carbocycles. The Balaban J connectivity index is 2.37. The highest BCUT2D eigenvalue weighted by atomic mass is 79.9. The van der Waals surface area contributed by atoms with Crippen LogP contribution in [-0.4, -0.2) is 10.8 Å². The van der Waals surface area contributed by atoms with Crippen molar-refractivity contribution in [3.05, 3.63) is 57.8 Å². The Morgan fingerprint density at radius 1 is 1.24 bits per heavy atom. The zero-order valence-corrected chi connectivity index (χ0v) is 10.9. The second-order valence-electron chi connectivity index (χ2n) is 3.75. The first-order valence-corrected chi connectivity index (χ1v) is 5.89. The van der Waals surface area contributed by atoms with Crippen molar-refractivity contribution in [2.24, 2.45) is 0 Å². The molecule has 1 heterocycles. The lowest BCUT2D eigenvalue weighted by Crippen LogP contribution is -2.02. The van der Waals surface area contributed by atoms with E-state index in [0.29, 0.717) is 16.8 Å². The number of anilines is 1. The van der Waals surface area contributed by atoms with Crippen molar-refractivity contribution in [3.63, 3.8) is 0 Å². The van der Waals surface area contributed by atoms with E-state index in [4.69, 9.17) is 5.73 Å². The zero-order valence-electron chi connectivity index (χ0n) is 9.27. The monoisotopic (exact) mass is 290 g/mol. The summed E-state index contributed by atoms with van der Waals surface area (Å²) in [5.74, 6) is -0.0572. The molecular weight excluding hydrogens is 280 g/mol. The van der Waals surface area contributed by atoms with E-state index >= 15 is 0 Å². The van der Waals surface area contributed by atoms with E-state index in [2.05, 4.69) is 20.9 Å². The molecule has 2 aromatic rings. The minimum absolute atomic E-state index is 0.0572. The third-order valence-corrected chi connectivity index (χ3v) is 3.12. The normalized spacial score (nSPS) is 10.2. The first-order valence-electron chi connectivity index (χ1n) is 5.10. The zero-order chi connectivity index (χ0) is 12.4. The number of pyridine rings is 1. The van der Waals surface area contributed by atoms with Crippen molar-refractivity contribution >= 4 is 27.4 Å². The first-order chi connectivity index (χ1) is 8.08. The van der Waals surface area contributed by atoms with Gasteiger partial charge in [0.15, 0.2) is 5.78 Å². The quantitative estimate of drug-likeness (QED) is 0.683. The fraction of sp³-hybridized carbons (Fsp3) is 0.0769. The van der Waals surface area contributed by atoms with Crippen LogP contribution in [0.15, 0.2) is 41.0 Å². The molecule has 0 aliphatic heterocycles. The number of aromatic nitrogens is 1. The van der Waals surface area contributed by atoms with E-state index < -0.39 is 0 Å². The maximum Gasteiger partial charge on any atom is 0.194 e. The summed E-state index contributed by atoms with van der Waals surface area (Å²) in [7, 11) is 0. The Bertz CT molecular complexity index is 564. The van der Waals surface area contributed by atoms with Crippen molar-refractivity contribution in [3.8, 4) is 0 Å². The summed E-state index contributed by atoms with van der Waals surface area (Å²) in [5, 5.41) is 0. The molecule has 2 N–H and O–H groups in total. The van der Waals surface area contributed by atoms with Gasteiger partial charge in [-0.1, -0.05) is 0 Å². The van der Waals surface area contributed by atoms with Crippen LogP contribution in [0, 0.1) is 6.92 Å². The average Bonchev–Trinajstić information content (AvgIpc) is 2.33. The molecule has 0 saturated heterocycles. The molecule has 0 saturated carbocycles. The molecule has 0 unspecified atom stereocenters. The van der Waals surface area contributed by atoms with Gasteiger partial charge in [0.1, 0.15) is 0 Å². The molecule has 1 aromatic heterocycles. The van der Waals surface area contributed by atoms with Crippen LogP contribution in [0.5, 0.6) is 0 Å². The topological polar surface area (TPSA) is 56.0 Å². The second-order valence-corrected chi connectivity index (χ2v) is 4.61. The van der Waals surface area contributed by atoms with Crippen LogP contribution in [0.2, 0.25) is 0 Å². The smallest absolute Gasteiger partial charge is 0.194 e. The van der Waals surface area contributed by atoms with Gasteiger partial charge in [0.2, 0.25) is 0 Å². The van der Waals surface area contributed by atoms with Gasteiger partial charge in [0, 0.05) is 33.2 Å². The van der Waals surface area contributed by atoms with E-state index in [9.17, 15) is 4.79 Å². The van der Waals surface area contributed by atoms with E-state index in [1.54, 1.807) is 30.5 Å². The molecule has 86 valence electrons. The predicted octanol–water partition coefficient (Wildman–Crippen LogP) is 2.97. The van der Waals surface area contributed by atoms with E-state index in [0.717, 1.165) is 10.2 Å². The first kappa shape index (κ1) is 11.8. The highest BCUT2D eigenvalue weighted by molar-refractivity contribution is 9.10. The molecule has 4 heteroatoms. The molecule has 17 heavy (non-hydrogen) atoms. The molecule has 0 fully saturated rings. The van der Waals surface area contributed by atoms with Gasteiger partial charge in [0.25, 0.3) is 0 Å². The number of nitrogens with zero attached hydrogens (tertiary/aromatic N) is 1. The molecule has 0 aliphatic rings. The van der Waals surface area contributed by atoms with Gasteiger partial charge in [-0.25, -0.2) is 0 Å². The number of rotatable bonds is 2. The van der Waals surface area contributed by atoms with Gasteiger partial charge in [-0.3, -0.25) is 9.78 Å². The number of hydrogen-bond donors (Lipinski definition) is 1. The van der Waals surface area contributed by atoms with Gasteiger partial charge >= 0.3 is 0 Å². The number of carbonyl (C=O) groups is 1. The molecular formula is C13H11BrN2O. The molecule has 0 spiro atoms. The Morgan fingerprint density at radius 2 is 1.94 bits per heavy atom. The van der Waals surface area contributed by atoms with Gasteiger partial charge in [-0.05, 0) is 53.2 Å². The summed E-state index contributed by atoms with van der Waals surface area (Å²) < 4.78 is 0.725. The highest BCUT2D eigenvalue weighted by Crippen LogP contribution is 2.21. The van der Waals surface area contributed by atoms with Crippen LogP contribution >= 0.6 is 15.9 Å². The maximum atomic E-state index is 12.1. The van der Waals surface area contributed by atoms with Crippen LogP contribution in [0.4, 0.5) is 5.69 Å². The third kappa shape index (κ3) is 2.53. The lowest BCUT2D eigenvalue weighted by Gasteiger charge is -2.03. The van der Waals surface area contributed by atoms with Crippen molar-refractivity contribution < 1.29 is 4.79 Å². The van der Waals surface area contributed by atoms with Gasteiger partial charge in [0.05, 0.1) is 0 Å². The van der Waals surface area contributed by atoms with E-state index in [-0.39, 0.29) is 5.78 Å². The van der Waals surface area contributed by atoms with Crippen molar-refractivity contribution in [1.82, 2.24) is 4.98 Å². The Hall–Kier alpha value is -1.68. The molecule has 0 atom stereocenters. The minimum atomic E-state index is -0.0572. The average molecular weight is 291 g/mol. The Morgan fingerprint density at radius 3 is 2.53 bits per heavy atom. The lowest BCUT2D eigenvalue weighted by molar-refractivity contribution is 0.103. The number of ketones is 1. The number of hydrogen-bond acceptors (Lipinski definition) is 3.